The van der Waals surface area contributed by atoms with E-state index in [4.69, 9.17) is 5.73 Å². The zero-order chi connectivity index (χ0) is 29.3. The quantitative estimate of drug-likeness (QED) is 0.102. The van der Waals surface area contributed by atoms with Gasteiger partial charge >= 0.3 is 0 Å². The van der Waals surface area contributed by atoms with Crippen LogP contribution in [0.2, 0.25) is 0 Å². The number of nitrogens with one attached hydrogen (secondary N) is 4. The molecular formula is C27H50N6O6. The van der Waals surface area contributed by atoms with Crippen molar-refractivity contribution in [3.8, 4) is 0 Å². The van der Waals surface area contributed by atoms with Crippen LogP contribution in [0.3, 0.4) is 0 Å². The van der Waals surface area contributed by atoms with E-state index in [9.17, 15) is 28.8 Å². The van der Waals surface area contributed by atoms with E-state index in [-0.39, 0.29) is 55.0 Å². The van der Waals surface area contributed by atoms with Crippen molar-refractivity contribution in [1.82, 2.24) is 26.2 Å². The average molecular weight is 555 g/mol. The Kier molecular flexibility index (Phi) is 22.2. The summed E-state index contributed by atoms with van der Waals surface area (Å²) in [6.07, 6.45) is 9.15. The first-order chi connectivity index (χ1) is 18.7. The predicted molar refractivity (Wildman–Crippen MR) is 149 cm³/mol. The number of nitrogens with zero attached hydrogens (tertiary/aromatic N) is 1. The second-order valence-electron chi connectivity index (χ2n) is 9.73. The monoisotopic (exact) mass is 554 g/mol. The lowest BCUT2D eigenvalue weighted by Gasteiger charge is -2.21. The summed E-state index contributed by atoms with van der Waals surface area (Å²) >= 11 is 0. The van der Waals surface area contributed by atoms with Gasteiger partial charge in [0.15, 0.2) is 0 Å². The molecule has 12 heteroatoms. The molecule has 0 aromatic carbocycles. The van der Waals surface area contributed by atoms with Crippen LogP contribution in [0.15, 0.2) is 0 Å². The molecule has 0 saturated heterocycles. The second kappa shape index (κ2) is 24.1. The van der Waals surface area contributed by atoms with Crippen LogP contribution in [0.1, 0.15) is 89.9 Å². The minimum absolute atomic E-state index is 0.000382. The van der Waals surface area contributed by atoms with Gasteiger partial charge in [-0.15, -0.1) is 0 Å². The molecule has 0 unspecified atom stereocenters. The molecule has 0 bridgehead atoms. The fourth-order valence-electron chi connectivity index (χ4n) is 3.87. The van der Waals surface area contributed by atoms with Gasteiger partial charge in [0, 0.05) is 52.9 Å². The fourth-order valence-corrected chi connectivity index (χ4v) is 3.87. The van der Waals surface area contributed by atoms with Gasteiger partial charge in [0.1, 0.15) is 5.78 Å². The van der Waals surface area contributed by atoms with E-state index in [0.29, 0.717) is 51.6 Å². The van der Waals surface area contributed by atoms with Gasteiger partial charge in [-0.25, -0.2) is 0 Å². The van der Waals surface area contributed by atoms with Gasteiger partial charge in [-0.1, -0.05) is 25.7 Å². The molecule has 0 heterocycles. The van der Waals surface area contributed by atoms with Crippen molar-refractivity contribution in [3.63, 3.8) is 0 Å². The maximum atomic E-state index is 12.5. The van der Waals surface area contributed by atoms with Crippen LogP contribution in [0, 0.1) is 0 Å². The highest BCUT2D eigenvalue weighted by molar-refractivity contribution is 5.85. The first-order valence-corrected chi connectivity index (χ1v) is 14.1. The van der Waals surface area contributed by atoms with E-state index >= 15 is 0 Å². The molecular weight excluding hydrogens is 504 g/mol. The first-order valence-electron chi connectivity index (χ1n) is 14.1. The van der Waals surface area contributed by atoms with Gasteiger partial charge in [-0.3, -0.25) is 33.7 Å². The topological polar surface area (TPSA) is 180 Å². The molecule has 224 valence electrons. The summed E-state index contributed by atoms with van der Waals surface area (Å²) < 4.78 is 0. The lowest BCUT2D eigenvalue weighted by Crippen LogP contribution is -2.45. The fraction of sp³-hybridized carbons (Fsp3) is 0.778. The minimum atomic E-state index is -0.328. The highest BCUT2D eigenvalue weighted by Crippen LogP contribution is 2.06. The largest absolute Gasteiger partial charge is 0.370 e. The molecule has 5 amide bonds. The van der Waals surface area contributed by atoms with Crippen LogP contribution in [-0.4, -0.2) is 87.0 Å². The third kappa shape index (κ3) is 23.8. The summed E-state index contributed by atoms with van der Waals surface area (Å²) in [4.78, 5) is 72.4. The number of unbranched alkanes of at least 4 members (excludes halogenated alkanes) is 7. The number of rotatable bonds is 25. The Labute approximate surface area is 232 Å². The Morgan fingerprint density at radius 2 is 0.923 bits per heavy atom. The Bertz CT molecular complexity index is 719. The summed E-state index contributed by atoms with van der Waals surface area (Å²) in [5.74, 6) is -0.913. The van der Waals surface area contributed by atoms with Gasteiger partial charge in [0.25, 0.3) is 0 Å². The molecule has 0 aliphatic heterocycles. The molecule has 0 atom stereocenters. The Morgan fingerprint density at radius 1 is 0.513 bits per heavy atom. The SMILES string of the molecule is CNC(=O)CCCCCNC(=O)CN(CC(=O)CCCCCCC(N)=O)CC(=O)NCCCCCC(=O)NC. The van der Waals surface area contributed by atoms with E-state index < -0.39 is 0 Å². The lowest BCUT2D eigenvalue weighted by atomic mass is 10.1. The van der Waals surface area contributed by atoms with Gasteiger partial charge < -0.3 is 27.0 Å². The number of primary amides is 1. The normalized spacial score (nSPS) is 10.6. The van der Waals surface area contributed by atoms with E-state index in [1.54, 1.807) is 19.0 Å². The molecule has 0 aromatic rings. The van der Waals surface area contributed by atoms with Gasteiger partial charge in [-0.2, -0.15) is 0 Å². The van der Waals surface area contributed by atoms with Crippen molar-refractivity contribution in [2.24, 2.45) is 5.73 Å². The molecule has 6 N–H and O–H groups in total. The lowest BCUT2D eigenvalue weighted by molar-refractivity contribution is -0.127. The molecule has 0 aliphatic rings. The summed E-state index contributed by atoms with van der Waals surface area (Å²) in [7, 11) is 3.20. The summed E-state index contributed by atoms with van der Waals surface area (Å²) in [6.45, 7) is 0.786. The number of carbonyl (C=O) groups is 6. The Balaban J connectivity index is 4.52. The van der Waals surface area contributed by atoms with Crippen LogP contribution < -0.4 is 27.0 Å². The highest BCUT2D eigenvalue weighted by Gasteiger charge is 2.17. The number of hydrogen-bond donors (Lipinski definition) is 5. The molecule has 0 aliphatic carbocycles. The number of ketones is 1. The number of nitrogens with two attached hydrogens (primary N) is 1. The van der Waals surface area contributed by atoms with Crippen molar-refractivity contribution >= 4 is 35.3 Å². The third-order valence-corrected chi connectivity index (χ3v) is 6.13. The van der Waals surface area contributed by atoms with Crippen LogP contribution in [0.25, 0.3) is 0 Å². The van der Waals surface area contributed by atoms with Crippen LogP contribution >= 0.6 is 0 Å². The zero-order valence-corrected chi connectivity index (χ0v) is 23.9. The van der Waals surface area contributed by atoms with Gasteiger partial charge in [-0.05, 0) is 38.5 Å². The second-order valence-corrected chi connectivity index (χ2v) is 9.73. The smallest absolute Gasteiger partial charge is 0.234 e. The van der Waals surface area contributed by atoms with Crippen LogP contribution in [-0.2, 0) is 28.8 Å². The van der Waals surface area contributed by atoms with Crippen molar-refractivity contribution in [3.05, 3.63) is 0 Å². The van der Waals surface area contributed by atoms with E-state index in [1.165, 1.54) is 0 Å². The van der Waals surface area contributed by atoms with Crippen molar-refractivity contribution in [1.29, 1.82) is 0 Å². The molecule has 12 nitrogen and oxygen atoms in total. The summed E-state index contributed by atoms with van der Waals surface area (Å²) in [5, 5.41) is 10.8. The number of hydrogen-bond acceptors (Lipinski definition) is 7. The average Bonchev–Trinajstić information content (AvgIpc) is 2.89. The molecule has 0 aromatic heterocycles. The Morgan fingerprint density at radius 3 is 1.36 bits per heavy atom. The van der Waals surface area contributed by atoms with Crippen molar-refractivity contribution in [2.45, 2.75) is 89.9 Å². The standard InChI is InChI=1S/C27H50N6O6/c1-29-24(36)15-9-5-11-17-31-26(38)20-33(19-22(34)13-7-3-4-8-14-23(28)35)21-27(39)32-18-12-6-10-16-25(37)30-2/h3-21H2,1-2H3,(H2,28,35)(H,29,36)(H,30,37)(H,31,38)(H,32,39). The Hall–Kier alpha value is -3.02. The highest BCUT2D eigenvalue weighted by atomic mass is 16.2. The maximum Gasteiger partial charge on any atom is 0.234 e. The van der Waals surface area contributed by atoms with Crippen LogP contribution in [0.5, 0.6) is 0 Å². The number of amides is 5. The van der Waals surface area contributed by atoms with Gasteiger partial charge in [0.2, 0.25) is 29.5 Å². The maximum absolute atomic E-state index is 12.5. The van der Waals surface area contributed by atoms with Gasteiger partial charge in [0.05, 0.1) is 19.6 Å². The number of Topliss-reactive ketones (excluding diaryl/α,β-unsaturated/α-hetero) is 1. The molecule has 39 heavy (non-hydrogen) atoms. The minimum Gasteiger partial charge on any atom is -0.370 e. The number of carbonyl (C=O) groups excluding carboxylic acids is 6. The van der Waals surface area contributed by atoms with E-state index in [2.05, 4.69) is 21.3 Å². The van der Waals surface area contributed by atoms with Crippen molar-refractivity contribution < 1.29 is 28.8 Å². The van der Waals surface area contributed by atoms with E-state index in [1.807, 2.05) is 0 Å². The third-order valence-electron chi connectivity index (χ3n) is 6.13. The van der Waals surface area contributed by atoms with E-state index in [0.717, 1.165) is 51.4 Å². The predicted octanol–water partition coefficient (Wildman–Crippen LogP) is 0.529. The molecule has 0 radical (unpaired) electrons. The molecule has 0 rings (SSSR count). The first kappa shape index (κ1) is 36.0. The zero-order valence-electron chi connectivity index (χ0n) is 23.9. The van der Waals surface area contributed by atoms with Crippen molar-refractivity contribution in [2.75, 3.05) is 46.8 Å². The summed E-state index contributed by atoms with van der Waals surface area (Å²) in [5.41, 5.74) is 5.13. The molecule has 0 fully saturated rings. The summed E-state index contributed by atoms with van der Waals surface area (Å²) in [6, 6.07) is 0. The van der Waals surface area contributed by atoms with Crippen LogP contribution in [0.4, 0.5) is 0 Å². The molecule has 0 spiro atoms. The molecule has 0 saturated carbocycles.